The van der Waals surface area contributed by atoms with Crippen molar-refractivity contribution in [2.45, 2.75) is 86.6 Å². The maximum atomic E-state index is 13.9. The first kappa shape index (κ1) is 22.2. The minimum Gasteiger partial charge on any atom is -0.396 e. The minimum atomic E-state index is -1.12. The van der Waals surface area contributed by atoms with Crippen LogP contribution in [0.2, 0.25) is 0 Å². The van der Waals surface area contributed by atoms with Gasteiger partial charge in [-0.05, 0) is 70.3 Å². The third-order valence-electron chi connectivity index (χ3n) is 7.44. The van der Waals surface area contributed by atoms with E-state index in [1.165, 1.54) is 0 Å². The van der Waals surface area contributed by atoms with E-state index in [2.05, 4.69) is 16.0 Å². The molecule has 5 fully saturated rings. The second kappa shape index (κ2) is 8.88. The minimum absolute atomic E-state index is 0.0174. The fourth-order valence-corrected chi connectivity index (χ4v) is 6.04. The average Bonchev–Trinajstić information content (AvgIpc) is 3.23. The van der Waals surface area contributed by atoms with Crippen molar-refractivity contribution in [3.8, 4) is 0 Å². The number of alkyl halides is 2. The maximum Gasteiger partial charge on any atom is 0.246 e. The second-order valence-electron chi connectivity index (χ2n) is 9.82. The Balaban J connectivity index is 1.20. The van der Waals surface area contributed by atoms with Crippen LogP contribution in [0.1, 0.15) is 57.8 Å². The highest BCUT2D eigenvalue weighted by molar-refractivity contribution is 6.21. The lowest BCUT2D eigenvalue weighted by Crippen LogP contribution is -2.65. The zero-order valence-corrected chi connectivity index (χ0v) is 18.1. The summed E-state index contributed by atoms with van der Waals surface area (Å²) in [5, 5.41) is 18.3. The van der Waals surface area contributed by atoms with Crippen molar-refractivity contribution in [3.05, 3.63) is 0 Å². The molecule has 0 aromatic carbocycles. The normalized spacial score (nSPS) is 43.0. The highest BCUT2D eigenvalue weighted by atomic mass is 35.5. The van der Waals surface area contributed by atoms with Crippen LogP contribution in [0.4, 0.5) is 4.39 Å². The van der Waals surface area contributed by atoms with Gasteiger partial charge in [0.15, 0.2) is 0 Å². The molecule has 0 aromatic heterocycles. The molecule has 0 spiro atoms. The molecule has 4 saturated carbocycles. The smallest absolute Gasteiger partial charge is 0.246 e. The number of aliphatic hydroxyl groups is 1. The van der Waals surface area contributed by atoms with E-state index >= 15 is 0 Å². The van der Waals surface area contributed by atoms with Crippen LogP contribution < -0.4 is 16.0 Å². The SMILES string of the molecule is O=C(COC1CC(CO)CCN1)NC12CCC(NC(=O)C3CCC(Cl)C(F)C3)(C1)C2. The Hall–Kier alpha value is -0.960. The number of carbonyl (C=O) groups excluding carboxylic acids is 2. The number of ether oxygens (including phenoxy) is 1. The molecule has 4 aliphatic carbocycles. The quantitative estimate of drug-likeness (QED) is 0.443. The molecule has 1 saturated heterocycles. The highest BCUT2D eigenvalue weighted by Gasteiger charge is 2.62. The summed E-state index contributed by atoms with van der Waals surface area (Å²) in [5.74, 6) is -0.317. The molecule has 5 aliphatic rings. The molecular weight excluding hydrogens is 413 g/mol. The van der Waals surface area contributed by atoms with Crippen molar-refractivity contribution in [1.29, 1.82) is 0 Å². The van der Waals surface area contributed by atoms with Crippen LogP contribution in [0.15, 0.2) is 0 Å². The molecule has 1 aliphatic heterocycles. The molecule has 30 heavy (non-hydrogen) atoms. The van der Waals surface area contributed by atoms with Crippen molar-refractivity contribution in [1.82, 2.24) is 16.0 Å². The van der Waals surface area contributed by atoms with Gasteiger partial charge in [0.2, 0.25) is 11.8 Å². The molecule has 0 radical (unpaired) electrons. The number of hydrogen-bond acceptors (Lipinski definition) is 5. The van der Waals surface area contributed by atoms with E-state index in [0.717, 1.165) is 38.6 Å². The number of fused-ring (bicyclic) bond motifs is 1. The molecule has 5 rings (SSSR count). The molecule has 2 amide bonds. The first-order valence-electron chi connectivity index (χ1n) is 11.2. The van der Waals surface area contributed by atoms with E-state index in [1.54, 1.807) is 0 Å². The Bertz CT molecular complexity index is 660. The van der Waals surface area contributed by atoms with Gasteiger partial charge in [-0.25, -0.2) is 4.39 Å². The van der Waals surface area contributed by atoms with Gasteiger partial charge in [-0.2, -0.15) is 0 Å². The summed E-state index contributed by atoms with van der Waals surface area (Å²) in [6, 6.07) is 0. The number of nitrogens with one attached hydrogen (secondary N) is 3. The number of halogens is 2. The zero-order chi connectivity index (χ0) is 21.4. The molecule has 0 aromatic rings. The number of hydrogen-bond donors (Lipinski definition) is 4. The van der Waals surface area contributed by atoms with Gasteiger partial charge in [0.05, 0.1) is 5.38 Å². The van der Waals surface area contributed by atoms with Gasteiger partial charge >= 0.3 is 0 Å². The summed E-state index contributed by atoms with van der Waals surface area (Å²) in [7, 11) is 0. The number of carbonyl (C=O) groups is 2. The molecule has 170 valence electrons. The van der Waals surface area contributed by atoms with Crippen LogP contribution in [0, 0.1) is 11.8 Å². The maximum absolute atomic E-state index is 13.9. The average molecular weight is 446 g/mol. The monoisotopic (exact) mass is 445 g/mol. The third-order valence-corrected chi connectivity index (χ3v) is 7.93. The van der Waals surface area contributed by atoms with Crippen LogP contribution in [-0.4, -0.2) is 65.5 Å². The highest BCUT2D eigenvalue weighted by Crippen LogP contribution is 2.55. The van der Waals surface area contributed by atoms with Crippen molar-refractivity contribution in [3.63, 3.8) is 0 Å². The second-order valence-corrected chi connectivity index (χ2v) is 10.4. The Kier molecular flexibility index (Phi) is 6.59. The van der Waals surface area contributed by atoms with Crippen molar-refractivity contribution in [2.75, 3.05) is 19.8 Å². The molecule has 4 N–H and O–H groups in total. The Morgan fingerprint density at radius 2 is 1.87 bits per heavy atom. The van der Waals surface area contributed by atoms with Crippen LogP contribution in [0.5, 0.6) is 0 Å². The lowest BCUT2D eigenvalue weighted by molar-refractivity contribution is -0.133. The number of piperidine rings is 1. The first-order chi connectivity index (χ1) is 14.3. The molecule has 9 heteroatoms. The molecule has 5 atom stereocenters. The Labute approximate surface area is 181 Å². The fraction of sp³-hybridized carbons (Fsp3) is 0.905. The van der Waals surface area contributed by atoms with Crippen LogP contribution in [0.3, 0.4) is 0 Å². The van der Waals surface area contributed by atoms with E-state index in [1.807, 2.05) is 0 Å². The largest absolute Gasteiger partial charge is 0.396 e. The number of rotatable bonds is 7. The van der Waals surface area contributed by atoms with Crippen molar-refractivity contribution in [2.24, 2.45) is 11.8 Å². The van der Waals surface area contributed by atoms with E-state index in [9.17, 15) is 19.1 Å². The Morgan fingerprint density at radius 1 is 1.13 bits per heavy atom. The van der Waals surface area contributed by atoms with E-state index in [-0.39, 0.29) is 60.6 Å². The molecular formula is C21H33ClFN3O4. The molecule has 5 unspecified atom stereocenters. The summed E-state index contributed by atoms with van der Waals surface area (Å²) in [6.07, 6.45) is 4.74. The van der Waals surface area contributed by atoms with Crippen molar-refractivity contribution >= 4 is 23.4 Å². The van der Waals surface area contributed by atoms with Gasteiger partial charge < -0.3 is 20.5 Å². The predicted octanol–water partition coefficient (Wildman–Crippen LogP) is 1.36. The standard InChI is InChI=1S/C21H33ClFN3O4/c22-15-2-1-14(8-16(15)23)19(29)26-21-5-4-20(11-21,12-21)25-17(28)10-30-18-7-13(9-27)3-6-24-18/h13-16,18,24,27H,1-12H2,(H,25,28)(H,26,29). The summed E-state index contributed by atoms with van der Waals surface area (Å²) >= 11 is 5.93. The predicted molar refractivity (Wildman–Crippen MR) is 110 cm³/mol. The fourth-order valence-electron chi connectivity index (χ4n) is 5.81. The first-order valence-corrected chi connectivity index (χ1v) is 11.6. The lowest BCUT2D eigenvalue weighted by atomic mass is 9.70. The van der Waals surface area contributed by atoms with Gasteiger partial charge in [0.1, 0.15) is 19.0 Å². The van der Waals surface area contributed by atoms with Crippen LogP contribution in [-0.2, 0) is 14.3 Å². The lowest BCUT2D eigenvalue weighted by Gasteiger charge is -2.48. The van der Waals surface area contributed by atoms with Crippen LogP contribution in [0.25, 0.3) is 0 Å². The third kappa shape index (κ3) is 4.76. The van der Waals surface area contributed by atoms with Gasteiger partial charge in [-0.3, -0.25) is 14.9 Å². The summed E-state index contributed by atoms with van der Waals surface area (Å²) in [5.41, 5.74) is -0.536. The number of amides is 2. The number of aliphatic hydroxyl groups excluding tert-OH is 1. The topological polar surface area (TPSA) is 99.7 Å². The van der Waals surface area contributed by atoms with Crippen molar-refractivity contribution < 1.29 is 23.8 Å². The summed E-state index contributed by atoms with van der Waals surface area (Å²) < 4.78 is 19.6. The van der Waals surface area contributed by atoms with Crippen LogP contribution >= 0.6 is 11.6 Å². The summed E-state index contributed by atoms with van der Waals surface area (Å²) in [6.45, 7) is 0.903. The van der Waals surface area contributed by atoms with Gasteiger partial charge in [0, 0.05) is 23.6 Å². The van der Waals surface area contributed by atoms with Gasteiger partial charge in [-0.1, -0.05) is 0 Å². The molecule has 2 bridgehead atoms. The van der Waals surface area contributed by atoms with E-state index in [4.69, 9.17) is 16.3 Å². The molecule has 7 nitrogen and oxygen atoms in total. The van der Waals surface area contributed by atoms with Gasteiger partial charge in [0.25, 0.3) is 0 Å². The summed E-state index contributed by atoms with van der Waals surface area (Å²) in [4.78, 5) is 25.0. The molecule has 1 heterocycles. The Morgan fingerprint density at radius 3 is 2.57 bits per heavy atom. The van der Waals surface area contributed by atoms with Gasteiger partial charge in [-0.15, -0.1) is 11.6 Å². The zero-order valence-electron chi connectivity index (χ0n) is 17.3. The van der Waals surface area contributed by atoms with E-state index in [0.29, 0.717) is 19.3 Å². The van der Waals surface area contributed by atoms with E-state index < -0.39 is 11.5 Å².